The van der Waals surface area contributed by atoms with E-state index in [-0.39, 0.29) is 11.9 Å². The van der Waals surface area contributed by atoms with Crippen molar-refractivity contribution in [2.75, 3.05) is 14.2 Å². The lowest BCUT2D eigenvalue weighted by molar-refractivity contribution is -0.130. The molecular formula is C17H18N2O3S. The van der Waals surface area contributed by atoms with Crippen molar-refractivity contribution in [2.45, 2.75) is 19.4 Å². The molecule has 5 nitrogen and oxygen atoms in total. The van der Waals surface area contributed by atoms with Crippen molar-refractivity contribution in [3.05, 3.63) is 46.2 Å². The lowest BCUT2D eigenvalue weighted by atomic mass is 9.98. The van der Waals surface area contributed by atoms with Crippen molar-refractivity contribution in [2.24, 2.45) is 5.10 Å². The molecule has 0 spiro atoms. The summed E-state index contributed by atoms with van der Waals surface area (Å²) < 4.78 is 10.7. The highest BCUT2D eigenvalue weighted by Crippen LogP contribution is 2.39. The van der Waals surface area contributed by atoms with Crippen LogP contribution in [0.2, 0.25) is 0 Å². The predicted octanol–water partition coefficient (Wildman–Crippen LogP) is 3.46. The monoisotopic (exact) mass is 330 g/mol. The standard InChI is InChI=1S/C17H18N2O3S/c1-11(20)19-16(9-15(18-19)12-6-7-23-10-12)14-5-4-13(21-2)8-17(14)22-3/h4-8,10,16H,9H2,1-3H3/t16-/m0/s1. The topological polar surface area (TPSA) is 51.1 Å². The Bertz CT molecular complexity index is 740. The number of hydrogen-bond donors (Lipinski definition) is 0. The van der Waals surface area contributed by atoms with Gasteiger partial charge in [0, 0.05) is 30.5 Å². The number of hydrazone groups is 1. The van der Waals surface area contributed by atoms with Crippen LogP contribution in [-0.2, 0) is 4.79 Å². The maximum absolute atomic E-state index is 12.0. The van der Waals surface area contributed by atoms with E-state index in [9.17, 15) is 4.79 Å². The average Bonchev–Trinajstić information content (AvgIpc) is 3.23. The highest BCUT2D eigenvalue weighted by atomic mass is 32.1. The molecule has 1 aromatic carbocycles. The van der Waals surface area contributed by atoms with Crippen molar-refractivity contribution >= 4 is 23.0 Å². The van der Waals surface area contributed by atoms with Gasteiger partial charge in [0.15, 0.2) is 0 Å². The van der Waals surface area contributed by atoms with Crippen molar-refractivity contribution in [3.63, 3.8) is 0 Å². The number of hydrogen-bond acceptors (Lipinski definition) is 5. The molecule has 0 radical (unpaired) electrons. The number of carbonyl (C=O) groups is 1. The van der Waals surface area contributed by atoms with Crippen LogP contribution in [0.3, 0.4) is 0 Å². The maximum Gasteiger partial charge on any atom is 0.240 e. The van der Waals surface area contributed by atoms with Gasteiger partial charge in [-0.25, -0.2) is 5.01 Å². The molecule has 1 atom stereocenters. The number of thiophene rings is 1. The molecule has 0 saturated heterocycles. The largest absolute Gasteiger partial charge is 0.497 e. The van der Waals surface area contributed by atoms with E-state index in [1.54, 1.807) is 25.6 Å². The Morgan fingerprint density at radius 2 is 2.13 bits per heavy atom. The van der Waals surface area contributed by atoms with Crippen molar-refractivity contribution in [3.8, 4) is 11.5 Å². The number of methoxy groups -OCH3 is 2. The summed E-state index contributed by atoms with van der Waals surface area (Å²) in [5.41, 5.74) is 2.91. The van der Waals surface area contributed by atoms with E-state index >= 15 is 0 Å². The SMILES string of the molecule is COc1ccc([C@@H]2CC(c3ccsc3)=NN2C(C)=O)c(OC)c1. The van der Waals surface area contributed by atoms with Gasteiger partial charge < -0.3 is 9.47 Å². The first-order valence-electron chi connectivity index (χ1n) is 7.25. The molecule has 1 aliphatic rings. The molecule has 23 heavy (non-hydrogen) atoms. The molecule has 0 unspecified atom stereocenters. The summed E-state index contributed by atoms with van der Waals surface area (Å²) >= 11 is 1.62. The third kappa shape index (κ3) is 2.94. The van der Waals surface area contributed by atoms with Crippen LogP contribution in [0.15, 0.2) is 40.1 Å². The zero-order valence-corrected chi connectivity index (χ0v) is 14.1. The predicted molar refractivity (Wildman–Crippen MR) is 90.3 cm³/mol. The Hall–Kier alpha value is -2.34. The molecule has 0 aliphatic carbocycles. The van der Waals surface area contributed by atoms with Gasteiger partial charge in [0.2, 0.25) is 5.91 Å². The smallest absolute Gasteiger partial charge is 0.240 e. The fraction of sp³-hybridized carbons (Fsp3) is 0.294. The van der Waals surface area contributed by atoms with Crippen molar-refractivity contribution in [1.29, 1.82) is 0 Å². The quantitative estimate of drug-likeness (QED) is 0.862. The first kappa shape index (κ1) is 15.6. The van der Waals surface area contributed by atoms with Gasteiger partial charge in [0.25, 0.3) is 0 Å². The van der Waals surface area contributed by atoms with E-state index in [0.29, 0.717) is 12.2 Å². The fourth-order valence-electron chi connectivity index (χ4n) is 2.74. The molecule has 6 heteroatoms. The number of nitrogens with zero attached hydrogens (tertiary/aromatic N) is 2. The molecule has 1 aromatic heterocycles. The summed E-state index contributed by atoms with van der Waals surface area (Å²) in [5.74, 6) is 1.33. The second-order valence-corrected chi connectivity index (χ2v) is 6.03. The zero-order chi connectivity index (χ0) is 16.4. The molecule has 0 saturated carbocycles. The lowest BCUT2D eigenvalue weighted by Crippen LogP contribution is -2.24. The van der Waals surface area contributed by atoms with Crippen molar-refractivity contribution in [1.82, 2.24) is 5.01 Å². The summed E-state index contributed by atoms with van der Waals surface area (Å²) in [5, 5.41) is 10.1. The Morgan fingerprint density at radius 3 is 2.74 bits per heavy atom. The van der Waals surface area contributed by atoms with Gasteiger partial charge in [-0.1, -0.05) is 0 Å². The van der Waals surface area contributed by atoms with Gasteiger partial charge in [-0.05, 0) is 29.0 Å². The second-order valence-electron chi connectivity index (χ2n) is 5.25. The first-order valence-corrected chi connectivity index (χ1v) is 8.20. The first-order chi connectivity index (χ1) is 11.1. The highest BCUT2D eigenvalue weighted by Gasteiger charge is 2.33. The number of ether oxygens (including phenoxy) is 2. The van der Waals surface area contributed by atoms with Crippen molar-refractivity contribution < 1.29 is 14.3 Å². The molecule has 3 rings (SSSR count). The van der Waals surface area contributed by atoms with Gasteiger partial charge >= 0.3 is 0 Å². The van der Waals surface area contributed by atoms with E-state index in [0.717, 1.165) is 22.6 Å². The van der Waals surface area contributed by atoms with Crippen LogP contribution in [0.4, 0.5) is 0 Å². The minimum atomic E-state index is -0.164. The fourth-order valence-corrected chi connectivity index (χ4v) is 3.40. The van der Waals surface area contributed by atoms with Crippen LogP contribution in [-0.4, -0.2) is 30.8 Å². The normalized spacial score (nSPS) is 17.1. The molecule has 0 bridgehead atoms. The highest BCUT2D eigenvalue weighted by molar-refractivity contribution is 7.08. The average molecular weight is 330 g/mol. The van der Waals surface area contributed by atoms with E-state index in [2.05, 4.69) is 5.10 Å². The summed E-state index contributed by atoms with van der Waals surface area (Å²) in [6.45, 7) is 1.53. The van der Waals surface area contributed by atoms with Crippen LogP contribution >= 0.6 is 11.3 Å². The third-order valence-corrected chi connectivity index (χ3v) is 4.57. The maximum atomic E-state index is 12.0. The number of rotatable bonds is 4. The Morgan fingerprint density at radius 1 is 1.30 bits per heavy atom. The van der Waals surface area contributed by atoms with Gasteiger partial charge in [-0.2, -0.15) is 16.4 Å². The summed E-state index contributed by atoms with van der Waals surface area (Å²) in [6, 6.07) is 7.50. The van der Waals surface area contributed by atoms with E-state index in [1.807, 2.05) is 35.0 Å². The van der Waals surface area contributed by atoms with Gasteiger partial charge in [0.05, 0.1) is 26.0 Å². The molecule has 1 amide bonds. The van der Waals surface area contributed by atoms with Gasteiger partial charge in [0.1, 0.15) is 11.5 Å². The zero-order valence-electron chi connectivity index (χ0n) is 13.3. The number of amides is 1. The molecule has 0 fully saturated rings. The number of benzene rings is 1. The second kappa shape index (κ2) is 6.42. The molecule has 2 heterocycles. The third-order valence-electron chi connectivity index (χ3n) is 3.89. The Balaban J connectivity index is 1.98. The number of carbonyl (C=O) groups excluding carboxylic acids is 1. The Kier molecular flexibility index (Phi) is 4.34. The van der Waals surface area contributed by atoms with Crippen LogP contribution in [0.1, 0.15) is 30.5 Å². The lowest BCUT2D eigenvalue weighted by Gasteiger charge is -2.22. The molecule has 2 aromatic rings. The molecular weight excluding hydrogens is 312 g/mol. The summed E-state index contributed by atoms with van der Waals surface area (Å²) in [4.78, 5) is 12.0. The van der Waals surface area contributed by atoms with Gasteiger partial charge in [-0.3, -0.25) is 4.79 Å². The van der Waals surface area contributed by atoms with Crippen LogP contribution < -0.4 is 9.47 Å². The van der Waals surface area contributed by atoms with E-state index in [1.165, 1.54) is 11.9 Å². The minimum absolute atomic E-state index is 0.0851. The van der Waals surface area contributed by atoms with Crippen LogP contribution in [0.5, 0.6) is 11.5 Å². The summed E-state index contributed by atoms with van der Waals surface area (Å²) in [7, 11) is 3.23. The summed E-state index contributed by atoms with van der Waals surface area (Å²) in [6.07, 6.45) is 0.666. The van der Waals surface area contributed by atoms with Gasteiger partial charge in [-0.15, -0.1) is 0 Å². The van der Waals surface area contributed by atoms with Crippen LogP contribution in [0.25, 0.3) is 0 Å². The Labute approximate surface area is 139 Å². The van der Waals surface area contributed by atoms with E-state index in [4.69, 9.17) is 9.47 Å². The molecule has 120 valence electrons. The molecule has 0 N–H and O–H groups in total. The van der Waals surface area contributed by atoms with Crippen LogP contribution in [0, 0.1) is 0 Å². The molecule has 1 aliphatic heterocycles. The van der Waals surface area contributed by atoms with E-state index < -0.39 is 0 Å². The minimum Gasteiger partial charge on any atom is -0.497 e.